The topological polar surface area (TPSA) is 121 Å². The minimum Gasteiger partial charge on any atom is -0.464 e. The monoisotopic (exact) mass is 471 g/mol. The first-order valence-corrected chi connectivity index (χ1v) is 11.0. The van der Waals surface area contributed by atoms with Gasteiger partial charge < -0.3 is 18.9 Å². The molecule has 10 heteroatoms. The van der Waals surface area contributed by atoms with Gasteiger partial charge in [0.25, 0.3) is 11.6 Å². The number of carbonyl (C=O) groups excluding carboxylic acids is 3. The van der Waals surface area contributed by atoms with E-state index in [4.69, 9.17) is 9.47 Å². The third-order valence-corrected chi connectivity index (χ3v) is 6.31. The maximum Gasteiger partial charge on any atom is 0.354 e. The van der Waals surface area contributed by atoms with Crippen molar-refractivity contribution in [1.82, 2.24) is 9.47 Å². The van der Waals surface area contributed by atoms with Crippen molar-refractivity contribution in [2.45, 2.75) is 39.7 Å². The average molecular weight is 472 g/mol. The summed E-state index contributed by atoms with van der Waals surface area (Å²) in [5.41, 5.74) is 2.09. The molecule has 1 atom stereocenters. The van der Waals surface area contributed by atoms with Gasteiger partial charge in [-0.3, -0.25) is 19.7 Å². The van der Waals surface area contributed by atoms with Gasteiger partial charge in [0.15, 0.2) is 5.78 Å². The molecule has 182 valence electrons. The summed E-state index contributed by atoms with van der Waals surface area (Å²) < 4.78 is 12.1. The van der Waals surface area contributed by atoms with E-state index in [1.54, 1.807) is 32.4 Å². The van der Waals surface area contributed by atoms with Gasteiger partial charge in [-0.2, -0.15) is 0 Å². The molecule has 1 unspecified atom stereocenters. The molecule has 1 saturated heterocycles. The van der Waals surface area contributed by atoms with Gasteiger partial charge >= 0.3 is 5.97 Å². The van der Waals surface area contributed by atoms with Crippen LogP contribution in [0.2, 0.25) is 0 Å². The number of hydrogen-bond acceptors (Lipinski definition) is 7. The van der Waals surface area contributed by atoms with Crippen molar-refractivity contribution in [1.29, 1.82) is 0 Å². The zero-order chi connectivity index (χ0) is 25.2. The lowest BCUT2D eigenvalue weighted by Gasteiger charge is -2.25. The fraction of sp³-hybridized carbons (Fsp3) is 0.458. The Balaban J connectivity index is 1.95. The molecule has 2 aromatic rings. The molecule has 1 aromatic heterocycles. The molecule has 10 nitrogen and oxygen atoms in total. The molecule has 0 bridgehead atoms. The molecule has 0 saturated carbocycles. The minimum atomic E-state index is -0.554. The lowest BCUT2D eigenvalue weighted by Crippen LogP contribution is -2.41. The van der Waals surface area contributed by atoms with E-state index in [0.29, 0.717) is 29.0 Å². The molecule has 0 spiro atoms. The summed E-state index contributed by atoms with van der Waals surface area (Å²) in [6, 6.07) is 4.27. The maximum absolute atomic E-state index is 13.4. The number of methoxy groups -OCH3 is 1. The first-order valence-electron chi connectivity index (χ1n) is 11.0. The van der Waals surface area contributed by atoms with Gasteiger partial charge in [-0.25, -0.2) is 4.79 Å². The Kier molecular flexibility index (Phi) is 7.51. The molecule has 0 radical (unpaired) electrons. The SMILES string of the molecule is COC(=O)c1c(C)c(C(=O)CN(CC2CCCO2)C(=O)c2ccc(C)c([N+](=O)[O-])c2)c(C)n1C. The first kappa shape index (κ1) is 25.1. The molecule has 2 heterocycles. The highest BCUT2D eigenvalue weighted by molar-refractivity contribution is 6.06. The zero-order valence-electron chi connectivity index (χ0n) is 20.0. The second kappa shape index (κ2) is 10.2. The Hall–Kier alpha value is -3.53. The molecule has 0 N–H and O–H groups in total. The van der Waals surface area contributed by atoms with Crippen molar-refractivity contribution in [2.24, 2.45) is 7.05 Å². The van der Waals surface area contributed by atoms with Crippen molar-refractivity contribution in [3.05, 3.63) is 62.0 Å². The van der Waals surface area contributed by atoms with Gasteiger partial charge in [0.05, 0.1) is 24.7 Å². The van der Waals surface area contributed by atoms with E-state index in [0.717, 1.165) is 12.8 Å². The van der Waals surface area contributed by atoms with Gasteiger partial charge in [-0.1, -0.05) is 6.07 Å². The summed E-state index contributed by atoms with van der Waals surface area (Å²) in [7, 11) is 2.94. The van der Waals surface area contributed by atoms with Crippen LogP contribution in [0, 0.1) is 30.9 Å². The number of benzene rings is 1. The maximum atomic E-state index is 13.4. The fourth-order valence-electron chi connectivity index (χ4n) is 4.40. The number of carbonyl (C=O) groups is 3. The number of hydrogen-bond donors (Lipinski definition) is 0. The molecule has 1 amide bonds. The second-order valence-corrected chi connectivity index (χ2v) is 8.49. The summed E-state index contributed by atoms with van der Waals surface area (Å²) in [5, 5.41) is 11.4. The number of nitro benzene ring substituents is 1. The van der Waals surface area contributed by atoms with Crippen molar-refractivity contribution in [3.63, 3.8) is 0 Å². The van der Waals surface area contributed by atoms with E-state index < -0.39 is 16.8 Å². The quantitative estimate of drug-likeness (QED) is 0.251. The van der Waals surface area contributed by atoms with Crippen LogP contribution in [0.4, 0.5) is 5.69 Å². The Morgan fingerprint density at radius 3 is 2.56 bits per heavy atom. The third-order valence-electron chi connectivity index (χ3n) is 6.31. The highest BCUT2D eigenvalue weighted by atomic mass is 16.6. The fourth-order valence-corrected chi connectivity index (χ4v) is 4.40. The summed E-state index contributed by atoms with van der Waals surface area (Å²) in [6.07, 6.45) is 1.39. The summed E-state index contributed by atoms with van der Waals surface area (Å²) >= 11 is 0. The molecule has 1 aliphatic heterocycles. The molecule has 3 rings (SSSR count). The zero-order valence-corrected chi connectivity index (χ0v) is 20.0. The number of amides is 1. The van der Waals surface area contributed by atoms with Crippen molar-refractivity contribution >= 4 is 23.3 Å². The number of nitro groups is 1. The summed E-state index contributed by atoms with van der Waals surface area (Å²) in [4.78, 5) is 51.2. The Morgan fingerprint density at radius 2 is 1.97 bits per heavy atom. The third kappa shape index (κ3) is 4.86. The number of ketones is 1. The number of esters is 1. The van der Waals surface area contributed by atoms with Crippen molar-refractivity contribution < 1.29 is 28.8 Å². The van der Waals surface area contributed by atoms with Crippen LogP contribution in [-0.4, -0.2) is 65.0 Å². The molecular formula is C24H29N3O7. The molecule has 1 fully saturated rings. The predicted octanol–water partition coefficient (Wildman–Crippen LogP) is 3.15. The molecule has 1 aliphatic rings. The van der Waals surface area contributed by atoms with Gasteiger partial charge in [-0.15, -0.1) is 0 Å². The predicted molar refractivity (Wildman–Crippen MR) is 123 cm³/mol. The smallest absolute Gasteiger partial charge is 0.354 e. The van der Waals surface area contributed by atoms with Gasteiger partial charge in [0.2, 0.25) is 0 Å². The van der Waals surface area contributed by atoms with Crippen LogP contribution in [0.15, 0.2) is 18.2 Å². The minimum absolute atomic E-state index is 0.125. The van der Waals surface area contributed by atoms with Gasteiger partial charge in [0, 0.05) is 48.6 Å². The average Bonchev–Trinajstić information content (AvgIpc) is 3.38. The highest BCUT2D eigenvalue weighted by Gasteiger charge is 2.30. The van der Waals surface area contributed by atoms with E-state index >= 15 is 0 Å². The number of Topliss-reactive ketones (excluding diaryl/α,β-unsaturated/α-hetero) is 1. The highest BCUT2D eigenvalue weighted by Crippen LogP contribution is 2.25. The number of aromatic nitrogens is 1. The number of ether oxygens (including phenoxy) is 2. The van der Waals surface area contributed by atoms with Crippen LogP contribution in [0.5, 0.6) is 0 Å². The van der Waals surface area contributed by atoms with E-state index in [-0.39, 0.29) is 41.9 Å². The number of aryl methyl sites for hydroxylation is 1. The lowest BCUT2D eigenvalue weighted by molar-refractivity contribution is -0.385. The Bertz CT molecular complexity index is 1150. The first-order chi connectivity index (χ1) is 16.1. The van der Waals surface area contributed by atoms with E-state index in [1.807, 2.05) is 0 Å². The molecule has 0 aliphatic carbocycles. The van der Waals surface area contributed by atoms with Crippen LogP contribution < -0.4 is 0 Å². The molecular weight excluding hydrogens is 442 g/mol. The summed E-state index contributed by atoms with van der Waals surface area (Å²) in [6.45, 7) is 5.49. The standard InChI is InChI=1S/C24H29N3O7/c1-14-8-9-17(11-19(14)27(31)32)23(29)26(12-18-7-6-10-34-18)13-20(28)21-15(2)22(24(30)33-5)25(4)16(21)3/h8-9,11,18H,6-7,10,12-13H2,1-5H3. The van der Waals surface area contributed by atoms with Gasteiger partial charge in [-0.05, 0) is 45.2 Å². The lowest BCUT2D eigenvalue weighted by atomic mass is 10.0. The van der Waals surface area contributed by atoms with Gasteiger partial charge in [0.1, 0.15) is 5.69 Å². The largest absolute Gasteiger partial charge is 0.464 e. The van der Waals surface area contributed by atoms with Crippen LogP contribution >= 0.6 is 0 Å². The van der Waals surface area contributed by atoms with Crippen LogP contribution in [0.1, 0.15) is 60.9 Å². The van der Waals surface area contributed by atoms with Crippen LogP contribution in [0.25, 0.3) is 0 Å². The normalized spacial score (nSPS) is 15.3. The summed E-state index contributed by atoms with van der Waals surface area (Å²) in [5.74, 6) is -1.39. The van der Waals surface area contributed by atoms with Crippen molar-refractivity contribution in [2.75, 3.05) is 26.8 Å². The second-order valence-electron chi connectivity index (χ2n) is 8.49. The Labute approximate surface area is 197 Å². The Morgan fingerprint density at radius 1 is 1.26 bits per heavy atom. The number of rotatable bonds is 8. The molecule has 1 aromatic carbocycles. The van der Waals surface area contributed by atoms with Crippen LogP contribution in [0.3, 0.4) is 0 Å². The molecule has 34 heavy (non-hydrogen) atoms. The van der Waals surface area contributed by atoms with Crippen LogP contribution in [-0.2, 0) is 16.5 Å². The van der Waals surface area contributed by atoms with E-state index in [9.17, 15) is 24.5 Å². The van der Waals surface area contributed by atoms with E-state index in [1.165, 1.54) is 30.2 Å². The van der Waals surface area contributed by atoms with Crippen molar-refractivity contribution in [3.8, 4) is 0 Å². The van der Waals surface area contributed by atoms with E-state index in [2.05, 4.69) is 0 Å². The number of nitrogens with zero attached hydrogens (tertiary/aromatic N) is 3.